The van der Waals surface area contributed by atoms with E-state index in [9.17, 15) is 0 Å². The number of rotatable bonds is 5. The lowest BCUT2D eigenvalue weighted by atomic mass is 9.67. The second-order valence-electron chi connectivity index (χ2n) is 12.3. The minimum Gasteiger partial charge on any atom is -0.256 e. The Morgan fingerprint density at radius 3 is 1.72 bits per heavy atom. The molecule has 220 valence electrons. The highest BCUT2D eigenvalue weighted by atomic mass is 14.7. The summed E-state index contributed by atoms with van der Waals surface area (Å²) in [7, 11) is 0. The second-order valence-corrected chi connectivity index (χ2v) is 12.3. The van der Waals surface area contributed by atoms with Gasteiger partial charge in [0, 0.05) is 11.8 Å². The Morgan fingerprint density at radius 2 is 0.979 bits per heavy atom. The molecule has 1 heteroatoms. The molecule has 0 amide bonds. The first-order valence-electron chi connectivity index (χ1n) is 16.2. The summed E-state index contributed by atoms with van der Waals surface area (Å²) in [5, 5.41) is 2.49. The Hall–Kier alpha value is -6.05. The van der Waals surface area contributed by atoms with Crippen LogP contribution in [-0.4, -0.2) is 4.98 Å². The van der Waals surface area contributed by atoms with E-state index in [-0.39, 0.29) is 0 Å². The van der Waals surface area contributed by atoms with Gasteiger partial charge in [-0.2, -0.15) is 0 Å². The zero-order valence-corrected chi connectivity index (χ0v) is 25.8. The van der Waals surface area contributed by atoms with Crippen LogP contribution in [0.3, 0.4) is 0 Å². The smallest absolute Gasteiger partial charge is 0.0713 e. The summed E-state index contributed by atoms with van der Waals surface area (Å²) < 4.78 is 0. The first-order valence-corrected chi connectivity index (χ1v) is 16.2. The molecule has 1 aliphatic carbocycles. The van der Waals surface area contributed by atoms with Crippen molar-refractivity contribution in [2.45, 2.75) is 5.41 Å². The molecule has 0 fully saturated rings. The van der Waals surface area contributed by atoms with E-state index >= 15 is 0 Å². The molecule has 1 heterocycles. The maximum atomic E-state index is 4.60. The van der Waals surface area contributed by atoms with Crippen molar-refractivity contribution in [2.75, 3.05) is 0 Å². The third-order valence-electron chi connectivity index (χ3n) is 9.83. The van der Waals surface area contributed by atoms with Crippen LogP contribution in [0.5, 0.6) is 0 Å². The van der Waals surface area contributed by atoms with Gasteiger partial charge in [0.15, 0.2) is 0 Å². The lowest BCUT2D eigenvalue weighted by Crippen LogP contribution is -2.28. The van der Waals surface area contributed by atoms with E-state index in [2.05, 4.69) is 175 Å². The van der Waals surface area contributed by atoms with Gasteiger partial charge in [0.2, 0.25) is 0 Å². The Balaban J connectivity index is 1.38. The van der Waals surface area contributed by atoms with Gasteiger partial charge in [-0.1, -0.05) is 158 Å². The molecule has 1 nitrogen and oxygen atoms in total. The van der Waals surface area contributed by atoms with Crippen molar-refractivity contribution in [1.82, 2.24) is 4.98 Å². The predicted octanol–water partition coefficient (Wildman–Crippen LogP) is 11.6. The molecule has 9 rings (SSSR count). The minimum atomic E-state index is -0.463. The van der Waals surface area contributed by atoms with Gasteiger partial charge >= 0.3 is 0 Å². The van der Waals surface area contributed by atoms with Crippen molar-refractivity contribution in [1.29, 1.82) is 0 Å². The van der Waals surface area contributed by atoms with E-state index in [0.29, 0.717) is 0 Å². The molecule has 0 atom stereocenters. The number of hydrogen-bond donors (Lipinski definition) is 0. The summed E-state index contributed by atoms with van der Waals surface area (Å²) in [6, 6.07) is 66.4. The van der Waals surface area contributed by atoms with Crippen molar-refractivity contribution in [3.05, 3.63) is 210 Å². The monoisotopic (exact) mass is 597 g/mol. The largest absolute Gasteiger partial charge is 0.256 e. The zero-order valence-electron chi connectivity index (χ0n) is 25.8. The molecule has 0 N–H and O–H groups in total. The Bertz CT molecular complexity index is 2330. The van der Waals surface area contributed by atoms with Crippen LogP contribution >= 0.6 is 0 Å². The SMILES string of the molecule is c1ccc(C2(c3ccccc3)c3ccccc3-c3cc(-c4ccc(-c5ccccn5)cc4)c(-c4cccc5ccccc45)cc32)cc1. The van der Waals surface area contributed by atoms with Crippen LogP contribution in [0.4, 0.5) is 0 Å². The lowest BCUT2D eigenvalue weighted by molar-refractivity contribution is 0.769. The molecule has 0 saturated carbocycles. The van der Waals surface area contributed by atoms with Crippen molar-refractivity contribution < 1.29 is 0 Å². The van der Waals surface area contributed by atoms with Crippen molar-refractivity contribution in [2.24, 2.45) is 0 Å². The topological polar surface area (TPSA) is 12.9 Å². The molecule has 0 spiro atoms. The fourth-order valence-corrected chi connectivity index (χ4v) is 7.76. The van der Waals surface area contributed by atoms with Crippen molar-refractivity contribution in [3.8, 4) is 44.6 Å². The number of benzene rings is 7. The van der Waals surface area contributed by atoms with Gasteiger partial charge in [0.05, 0.1) is 11.1 Å². The van der Waals surface area contributed by atoms with Crippen LogP contribution < -0.4 is 0 Å². The van der Waals surface area contributed by atoms with Gasteiger partial charge in [-0.25, -0.2) is 0 Å². The molecule has 0 unspecified atom stereocenters. The number of aromatic nitrogens is 1. The minimum absolute atomic E-state index is 0.463. The third-order valence-corrected chi connectivity index (χ3v) is 9.83. The Labute approximate surface area is 275 Å². The molecule has 0 bridgehead atoms. The molecule has 8 aromatic rings. The summed E-state index contributed by atoms with van der Waals surface area (Å²) >= 11 is 0. The highest BCUT2D eigenvalue weighted by Gasteiger charge is 2.46. The summed E-state index contributed by atoms with van der Waals surface area (Å²) in [6.07, 6.45) is 1.85. The zero-order chi connectivity index (χ0) is 31.2. The van der Waals surface area contributed by atoms with Gasteiger partial charge in [-0.15, -0.1) is 0 Å². The Kier molecular flexibility index (Phi) is 6.43. The molecule has 0 radical (unpaired) electrons. The van der Waals surface area contributed by atoms with Crippen LogP contribution in [0.1, 0.15) is 22.3 Å². The highest BCUT2D eigenvalue weighted by molar-refractivity contribution is 6.03. The molecular weight excluding hydrogens is 567 g/mol. The summed E-state index contributed by atoms with van der Waals surface area (Å²) in [6.45, 7) is 0. The quantitative estimate of drug-likeness (QED) is 0.192. The Morgan fingerprint density at radius 1 is 0.362 bits per heavy atom. The molecule has 1 aliphatic rings. The van der Waals surface area contributed by atoms with Crippen LogP contribution in [0.2, 0.25) is 0 Å². The van der Waals surface area contributed by atoms with E-state index in [4.69, 9.17) is 0 Å². The number of fused-ring (bicyclic) bond motifs is 4. The average Bonchev–Trinajstić information content (AvgIpc) is 3.45. The third kappa shape index (κ3) is 4.28. The summed E-state index contributed by atoms with van der Waals surface area (Å²) in [4.78, 5) is 4.60. The molecule has 0 aliphatic heterocycles. The average molecular weight is 598 g/mol. The van der Waals surface area contributed by atoms with Crippen LogP contribution in [0.25, 0.3) is 55.4 Å². The maximum absolute atomic E-state index is 4.60. The van der Waals surface area contributed by atoms with E-state index in [1.807, 2.05) is 18.3 Å². The van der Waals surface area contributed by atoms with Gasteiger partial charge in [0.1, 0.15) is 0 Å². The highest BCUT2D eigenvalue weighted by Crippen LogP contribution is 2.58. The first kappa shape index (κ1) is 27.3. The van der Waals surface area contributed by atoms with Crippen LogP contribution in [0.15, 0.2) is 188 Å². The number of pyridine rings is 1. The van der Waals surface area contributed by atoms with Gasteiger partial charge in [-0.3, -0.25) is 4.98 Å². The van der Waals surface area contributed by atoms with Gasteiger partial charge < -0.3 is 0 Å². The molecular formula is C46H31N. The first-order chi connectivity index (χ1) is 23.3. The predicted molar refractivity (Wildman–Crippen MR) is 195 cm³/mol. The molecule has 7 aromatic carbocycles. The molecule has 47 heavy (non-hydrogen) atoms. The standard InChI is InChI=1S/C46H31N/c1-3-16-35(17-4-1)46(36-18-5-2-6-19-36)43-23-10-9-21-39(43)42-30-40(33-25-27-34(28-26-33)45-24-11-12-29-47-45)41(31-44(42)46)38-22-13-15-32-14-7-8-20-37(32)38/h1-31H. The van der Waals surface area contributed by atoms with E-state index in [1.54, 1.807) is 0 Å². The second kappa shape index (κ2) is 11.1. The number of nitrogens with zero attached hydrogens (tertiary/aromatic N) is 1. The number of hydrogen-bond acceptors (Lipinski definition) is 1. The van der Waals surface area contributed by atoms with E-state index < -0.39 is 5.41 Å². The van der Waals surface area contributed by atoms with E-state index in [0.717, 1.165) is 11.3 Å². The fourth-order valence-electron chi connectivity index (χ4n) is 7.76. The van der Waals surface area contributed by atoms with E-state index in [1.165, 1.54) is 66.4 Å². The lowest BCUT2D eigenvalue weighted by Gasteiger charge is -2.34. The van der Waals surface area contributed by atoms with Gasteiger partial charge in [0.25, 0.3) is 0 Å². The van der Waals surface area contributed by atoms with Crippen molar-refractivity contribution in [3.63, 3.8) is 0 Å². The normalized spacial score (nSPS) is 12.9. The van der Waals surface area contributed by atoms with Gasteiger partial charge in [-0.05, 0) is 90.7 Å². The van der Waals surface area contributed by atoms with Crippen molar-refractivity contribution >= 4 is 10.8 Å². The van der Waals surface area contributed by atoms with Crippen LogP contribution in [-0.2, 0) is 5.41 Å². The van der Waals surface area contributed by atoms with Crippen LogP contribution in [0, 0.1) is 0 Å². The molecule has 0 saturated heterocycles. The molecule has 1 aromatic heterocycles. The summed E-state index contributed by atoms with van der Waals surface area (Å²) in [5.41, 5.74) is 14.2. The maximum Gasteiger partial charge on any atom is 0.0713 e. The summed E-state index contributed by atoms with van der Waals surface area (Å²) in [5.74, 6) is 0. The fraction of sp³-hybridized carbons (Fsp3) is 0.0217.